The summed E-state index contributed by atoms with van der Waals surface area (Å²) in [4.78, 5) is 5.26. The van der Waals surface area contributed by atoms with Crippen LogP contribution in [0, 0.1) is 13.8 Å². The second-order valence-electron chi connectivity index (χ2n) is 4.44. The summed E-state index contributed by atoms with van der Waals surface area (Å²) in [5, 5.41) is 9.34. The van der Waals surface area contributed by atoms with Crippen molar-refractivity contribution in [2.75, 3.05) is 11.1 Å². The van der Waals surface area contributed by atoms with E-state index in [1.807, 2.05) is 6.92 Å². The van der Waals surface area contributed by atoms with E-state index < -0.39 is 10.0 Å². The Hall–Kier alpha value is -1.64. The zero-order valence-corrected chi connectivity index (χ0v) is 12.8. The second-order valence-corrected chi connectivity index (χ2v) is 7.28. The monoisotopic (exact) mass is 312 g/mol. The second kappa shape index (κ2) is 5.39. The molecule has 0 saturated heterocycles. The number of nitrogens with two attached hydrogens (primary N) is 2. The topological polar surface area (TPSA) is 111 Å². The fraction of sp³-hybridized carbons (Fsp3) is 0.250. The number of hydrogen-bond donors (Lipinski definition) is 3. The van der Waals surface area contributed by atoms with Crippen LogP contribution in [0.5, 0.6) is 0 Å². The summed E-state index contributed by atoms with van der Waals surface area (Å²) in [5.41, 5.74) is 7.29. The Labute approximate surface area is 121 Å². The molecule has 6 nitrogen and oxygen atoms in total. The molecule has 1 aromatic heterocycles. The smallest absolute Gasteiger partial charge is 0.238 e. The molecule has 8 heteroatoms. The summed E-state index contributed by atoms with van der Waals surface area (Å²) in [7, 11) is -3.79. The first kappa shape index (κ1) is 14.8. The molecule has 1 aromatic carbocycles. The zero-order valence-electron chi connectivity index (χ0n) is 11.2. The number of benzene rings is 1. The molecule has 0 spiro atoms. The van der Waals surface area contributed by atoms with Crippen molar-refractivity contribution in [1.82, 2.24) is 4.98 Å². The molecule has 1 heterocycles. The first-order valence-corrected chi connectivity index (χ1v) is 8.22. The molecule has 0 atom stereocenters. The Morgan fingerprint density at radius 2 is 2.05 bits per heavy atom. The summed E-state index contributed by atoms with van der Waals surface area (Å²) in [5.74, 6) is 0. The van der Waals surface area contributed by atoms with Crippen molar-refractivity contribution in [3.63, 3.8) is 0 Å². The van der Waals surface area contributed by atoms with Gasteiger partial charge in [-0.2, -0.15) is 0 Å². The number of primary sulfonamides is 1. The maximum Gasteiger partial charge on any atom is 0.238 e. The van der Waals surface area contributed by atoms with Crippen molar-refractivity contribution >= 4 is 32.7 Å². The lowest BCUT2D eigenvalue weighted by atomic mass is 10.2. The molecule has 0 fully saturated rings. The van der Waals surface area contributed by atoms with Gasteiger partial charge in [0.25, 0.3) is 0 Å². The number of rotatable bonds is 4. The summed E-state index contributed by atoms with van der Waals surface area (Å²) < 4.78 is 23.0. The van der Waals surface area contributed by atoms with Gasteiger partial charge < -0.3 is 11.1 Å². The highest BCUT2D eigenvalue weighted by molar-refractivity contribution is 7.89. The Morgan fingerprint density at radius 1 is 1.35 bits per heavy atom. The molecule has 0 aliphatic carbocycles. The van der Waals surface area contributed by atoms with Crippen LogP contribution in [0.15, 0.2) is 23.2 Å². The third-order valence-corrected chi connectivity index (χ3v) is 4.76. The zero-order chi connectivity index (χ0) is 14.9. The van der Waals surface area contributed by atoms with Crippen molar-refractivity contribution in [3.8, 4) is 0 Å². The first-order chi connectivity index (χ1) is 9.27. The molecular formula is C12H16N4O2S2. The van der Waals surface area contributed by atoms with E-state index in [9.17, 15) is 8.42 Å². The minimum Gasteiger partial charge on any atom is -0.399 e. The van der Waals surface area contributed by atoms with Gasteiger partial charge in [-0.3, -0.25) is 0 Å². The van der Waals surface area contributed by atoms with Crippen LogP contribution in [0.1, 0.15) is 15.4 Å². The number of nitrogens with one attached hydrogen (secondary N) is 1. The summed E-state index contributed by atoms with van der Waals surface area (Å²) in [6.45, 7) is 4.18. The molecule has 2 rings (SSSR count). The molecule has 20 heavy (non-hydrogen) atoms. The number of thiazole rings is 1. The Kier molecular flexibility index (Phi) is 3.98. The molecule has 0 amide bonds. The van der Waals surface area contributed by atoms with E-state index in [1.54, 1.807) is 30.5 Å². The molecule has 0 aliphatic heterocycles. The van der Waals surface area contributed by atoms with Crippen LogP contribution in [0.4, 0.5) is 11.4 Å². The lowest BCUT2D eigenvalue weighted by Crippen LogP contribution is -2.15. The van der Waals surface area contributed by atoms with Gasteiger partial charge in [0.15, 0.2) is 0 Å². The predicted molar refractivity (Wildman–Crippen MR) is 81.1 cm³/mol. The van der Waals surface area contributed by atoms with Crippen molar-refractivity contribution in [1.29, 1.82) is 0 Å². The molecule has 5 N–H and O–H groups in total. The molecule has 108 valence electrons. The third kappa shape index (κ3) is 3.27. The molecule has 0 saturated carbocycles. The Morgan fingerprint density at radius 3 is 2.60 bits per heavy atom. The quantitative estimate of drug-likeness (QED) is 0.743. The molecule has 0 aliphatic rings. The highest BCUT2D eigenvalue weighted by atomic mass is 32.2. The van der Waals surface area contributed by atoms with Gasteiger partial charge in [-0.15, -0.1) is 11.3 Å². The molecule has 2 aromatic rings. The fourth-order valence-corrected chi connectivity index (χ4v) is 3.43. The minimum atomic E-state index is -3.79. The molecule has 0 bridgehead atoms. The van der Waals surface area contributed by atoms with Crippen molar-refractivity contribution in [2.24, 2.45) is 5.14 Å². The molecular weight excluding hydrogens is 296 g/mol. The molecule has 0 unspecified atom stereocenters. The predicted octanol–water partition coefficient (Wildman–Crippen LogP) is 1.60. The van der Waals surface area contributed by atoms with E-state index in [-0.39, 0.29) is 4.90 Å². The van der Waals surface area contributed by atoms with Crippen LogP contribution in [0.25, 0.3) is 0 Å². The van der Waals surface area contributed by atoms with Crippen LogP contribution in [0.3, 0.4) is 0 Å². The number of sulfonamides is 1. The van der Waals surface area contributed by atoms with E-state index in [1.165, 1.54) is 6.07 Å². The fourth-order valence-electron chi connectivity index (χ4n) is 1.86. The normalized spacial score (nSPS) is 11.6. The van der Waals surface area contributed by atoms with Gasteiger partial charge in [0.1, 0.15) is 0 Å². The average molecular weight is 312 g/mol. The average Bonchev–Trinajstić information content (AvgIpc) is 2.74. The van der Waals surface area contributed by atoms with Gasteiger partial charge in [-0.05, 0) is 31.5 Å². The number of aryl methyl sites for hydroxylation is 1. The van der Waals surface area contributed by atoms with Crippen LogP contribution in [-0.4, -0.2) is 13.4 Å². The van der Waals surface area contributed by atoms with Crippen LogP contribution in [0.2, 0.25) is 0 Å². The van der Waals surface area contributed by atoms with Gasteiger partial charge in [-0.1, -0.05) is 0 Å². The van der Waals surface area contributed by atoms with Crippen molar-refractivity contribution in [3.05, 3.63) is 33.8 Å². The van der Waals surface area contributed by atoms with Gasteiger partial charge in [0.2, 0.25) is 10.0 Å². The standard InChI is InChI=1S/C12H16N4O2S2/c1-7-11(16-6-10-5-15-8(2)19-10)3-9(13)4-12(7)20(14,17)18/h3-5,16H,6,13H2,1-2H3,(H2,14,17,18). The number of aromatic nitrogens is 1. The number of nitrogens with zero attached hydrogens (tertiary/aromatic N) is 1. The van der Waals surface area contributed by atoms with E-state index in [0.717, 1.165) is 9.88 Å². The van der Waals surface area contributed by atoms with Crippen LogP contribution in [-0.2, 0) is 16.6 Å². The van der Waals surface area contributed by atoms with Gasteiger partial charge in [0, 0.05) is 22.4 Å². The minimum absolute atomic E-state index is 0.0421. The third-order valence-electron chi connectivity index (χ3n) is 2.81. The van der Waals surface area contributed by atoms with Gasteiger partial charge in [0.05, 0.1) is 16.4 Å². The SMILES string of the molecule is Cc1ncc(CNc2cc(N)cc(S(N)(=O)=O)c2C)s1. The lowest BCUT2D eigenvalue weighted by Gasteiger charge is -2.13. The summed E-state index contributed by atoms with van der Waals surface area (Å²) in [6.07, 6.45) is 1.79. The maximum atomic E-state index is 11.5. The maximum absolute atomic E-state index is 11.5. The van der Waals surface area contributed by atoms with Gasteiger partial charge >= 0.3 is 0 Å². The van der Waals surface area contributed by atoms with Crippen LogP contribution >= 0.6 is 11.3 Å². The first-order valence-electron chi connectivity index (χ1n) is 5.85. The number of nitrogen functional groups attached to an aromatic ring is 1. The summed E-state index contributed by atoms with van der Waals surface area (Å²) in [6, 6.07) is 3.06. The largest absolute Gasteiger partial charge is 0.399 e. The van der Waals surface area contributed by atoms with Gasteiger partial charge in [-0.25, -0.2) is 18.5 Å². The van der Waals surface area contributed by atoms with E-state index in [2.05, 4.69) is 10.3 Å². The molecule has 0 radical (unpaired) electrons. The van der Waals surface area contributed by atoms with E-state index in [4.69, 9.17) is 10.9 Å². The number of hydrogen-bond acceptors (Lipinski definition) is 6. The lowest BCUT2D eigenvalue weighted by molar-refractivity contribution is 0.597. The Balaban J connectivity index is 2.30. The highest BCUT2D eigenvalue weighted by Gasteiger charge is 2.15. The Bertz CT molecular complexity index is 738. The van der Waals surface area contributed by atoms with Crippen molar-refractivity contribution < 1.29 is 8.42 Å². The summed E-state index contributed by atoms with van der Waals surface area (Å²) >= 11 is 1.58. The van der Waals surface area contributed by atoms with E-state index >= 15 is 0 Å². The highest BCUT2D eigenvalue weighted by Crippen LogP contribution is 2.26. The van der Waals surface area contributed by atoms with Crippen molar-refractivity contribution in [2.45, 2.75) is 25.3 Å². The van der Waals surface area contributed by atoms with Crippen LogP contribution < -0.4 is 16.2 Å². The number of anilines is 2. The van der Waals surface area contributed by atoms with E-state index in [0.29, 0.717) is 23.5 Å².